The van der Waals surface area contributed by atoms with Gasteiger partial charge in [0.25, 0.3) is 0 Å². The number of pyridine rings is 1. The van der Waals surface area contributed by atoms with Crippen molar-refractivity contribution in [3.8, 4) is 0 Å². The smallest absolute Gasteiger partial charge is 0.233 e. The molecule has 0 saturated carbocycles. The molecule has 0 amide bonds. The molecule has 1 unspecified atom stereocenters. The van der Waals surface area contributed by atoms with Gasteiger partial charge >= 0.3 is 0 Å². The van der Waals surface area contributed by atoms with E-state index in [9.17, 15) is 0 Å². The van der Waals surface area contributed by atoms with Crippen LogP contribution < -0.4 is 16.8 Å². The molecule has 0 aliphatic carbocycles. The summed E-state index contributed by atoms with van der Waals surface area (Å²) in [6.45, 7) is 0. The molecule has 0 fully saturated rings. The first kappa shape index (κ1) is 11.9. The number of hydrogen-bond donors (Lipinski definition) is 3. The molecule has 90 valence electrons. The molecule has 2 heterocycles. The molecule has 1 aromatic rings. The molecule has 0 bridgehead atoms. The summed E-state index contributed by atoms with van der Waals surface area (Å²) in [5.74, 6) is 0.777. The average Bonchev–Trinajstić information content (AvgIpc) is 2.33. The highest BCUT2D eigenvalue weighted by Crippen LogP contribution is 2.25. The van der Waals surface area contributed by atoms with E-state index in [1.54, 1.807) is 25.4 Å². The number of alkyl halides is 1. The number of ether oxygens (including phenoxy) is 1. The van der Waals surface area contributed by atoms with E-state index in [4.69, 9.17) is 16.2 Å². The molecule has 0 radical (unpaired) electrons. The number of halogens is 1. The summed E-state index contributed by atoms with van der Waals surface area (Å²) < 4.78 is 4.37. The van der Waals surface area contributed by atoms with E-state index in [1.165, 1.54) is 6.21 Å². The van der Waals surface area contributed by atoms with Crippen molar-refractivity contribution in [2.45, 2.75) is 4.63 Å². The minimum Gasteiger partial charge on any atom is -0.384 e. The zero-order chi connectivity index (χ0) is 12.5. The fourth-order valence-corrected chi connectivity index (χ4v) is 1.71. The second-order valence-electron chi connectivity index (χ2n) is 3.46. The lowest BCUT2D eigenvalue weighted by Crippen LogP contribution is -2.44. The van der Waals surface area contributed by atoms with Crippen LogP contribution in [0.4, 0.5) is 5.82 Å². The normalized spacial score (nSPS) is 23.6. The van der Waals surface area contributed by atoms with Gasteiger partial charge in [0.15, 0.2) is 0 Å². The minimum atomic E-state index is -0.858. The van der Waals surface area contributed by atoms with E-state index in [2.05, 4.69) is 31.2 Å². The fraction of sp³-hybridized carbons (Fsp3) is 0.200. The Balaban J connectivity index is 2.41. The molecule has 0 spiro atoms. The summed E-state index contributed by atoms with van der Waals surface area (Å²) in [7, 11) is 1.55. The highest BCUT2D eigenvalue weighted by Gasteiger charge is 2.29. The first-order valence-electron chi connectivity index (χ1n) is 4.83. The van der Waals surface area contributed by atoms with Gasteiger partial charge in [-0.05, 0) is 28.1 Å². The number of nitrogens with one attached hydrogen (secondary N) is 1. The molecule has 7 heteroatoms. The number of nitrogens with two attached hydrogens (primary N) is 2. The molecule has 2 rings (SSSR count). The Kier molecular flexibility index (Phi) is 3.03. The zero-order valence-corrected chi connectivity index (χ0v) is 10.7. The van der Waals surface area contributed by atoms with Crippen LogP contribution in [0.3, 0.4) is 0 Å². The van der Waals surface area contributed by atoms with Crippen LogP contribution in [0, 0.1) is 0 Å². The van der Waals surface area contributed by atoms with Crippen molar-refractivity contribution in [1.29, 1.82) is 0 Å². The van der Waals surface area contributed by atoms with Gasteiger partial charge in [0.2, 0.25) is 4.63 Å². The molecule has 0 saturated heterocycles. The quantitative estimate of drug-likeness (QED) is 0.549. The van der Waals surface area contributed by atoms with Crippen LogP contribution in [-0.4, -0.2) is 22.9 Å². The van der Waals surface area contributed by atoms with Gasteiger partial charge in [0.05, 0.1) is 11.9 Å². The second-order valence-corrected chi connectivity index (χ2v) is 4.64. The Morgan fingerprint density at radius 1 is 1.47 bits per heavy atom. The molecule has 1 aromatic heterocycles. The van der Waals surface area contributed by atoms with Crippen molar-refractivity contribution < 1.29 is 4.74 Å². The summed E-state index contributed by atoms with van der Waals surface area (Å²) in [5, 5.41) is 3.09. The van der Waals surface area contributed by atoms with Gasteiger partial charge in [-0.1, -0.05) is 0 Å². The maximum atomic E-state index is 5.82. The molecule has 1 atom stereocenters. The first-order chi connectivity index (χ1) is 8.04. The van der Waals surface area contributed by atoms with Gasteiger partial charge in [-0.2, -0.15) is 0 Å². The Morgan fingerprint density at radius 2 is 2.24 bits per heavy atom. The van der Waals surface area contributed by atoms with Crippen LogP contribution in [0.1, 0.15) is 5.56 Å². The largest absolute Gasteiger partial charge is 0.384 e. The van der Waals surface area contributed by atoms with Gasteiger partial charge < -0.3 is 21.5 Å². The number of nitrogens with zero attached hydrogens (tertiary/aromatic N) is 2. The molecule has 0 aromatic carbocycles. The monoisotopic (exact) mass is 297 g/mol. The third kappa shape index (κ3) is 2.40. The maximum Gasteiger partial charge on any atom is 0.233 e. The van der Waals surface area contributed by atoms with Crippen molar-refractivity contribution in [3.63, 3.8) is 0 Å². The number of hydrogen-bond acceptors (Lipinski definition) is 6. The van der Waals surface area contributed by atoms with Crippen LogP contribution in [0.25, 0.3) is 5.70 Å². The predicted octanol–water partition coefficient (Wildman–Crippen LogP) is 0.618. The van der Waals surface area contributed by atoms with Gasteiger partial charge in [-0.15, -0.1) is 0 Å². The number of rotatable bonds is 2. The van der Waals surface area contributed by atoms with E-state index in [0.717, 1.165) is 5.56 Å². The lowest BCUT2D eigenvalue weighted by Gasteiger charge is -2.29. The highest BCUT2D eigenvalue weighted by atomic mass is 79.9. The number of anilines is 1. The third-order valence-electron chi connectivity index (χ3n) is 2.29. The summed E-state index contributed by atoms with van der Waals surface area (Å²) in [6.07, 6.45) is 3.14. The van der Waals surface area contributed by atoms with Gasteiger partial charge in [0.1, 0.15) is 11.6 Å². The second kappa shape index (κ2) is 4.34. The molecular weight excluding hydrogens is 286 g/mol. The summed E-state index contributed by atoms with van der Waals surface area (Å²) >= 11 is 3.36. The topological polar surface area (TPSA) is 98.5 Å². The highest BCUT2D eigenvalue weighted by molar-refractivity contribution is 9.10. The Labute approximate surface area is 107 Å². The van der Waals surface area contributed by atoms with Crippen molar-refractivity contribution in [3.05, 3.63) is 29.7 Å². The van der Waals surface area contributed by atoms with Crippen LogP contribution in [-0.2, 0) is 4.74 Å². The van der Waals surface area contributed by atoms with Gasteiger partial charge in [-0.25, -0.2) is 9.98 Å². The number of methoxy groups -OCH3 is 1. The fourth-order valence-electron chi connectivity index (χ4n) is 1.41. The van der Waals surface area contributed by atoms with E-state index in [0.29, 0.717) is 17.3 Å². The summed E-state index contributed by atoms with van der Waals surface area (Å²) in [6, 6.07) is 3.49. The van der Waals surface area contributed by atoms with Crippen LogP contribution in [0.15, 0.2) is 29.1 Å². The van der Waals surface area contributed by atoms with E-state index in [1.807, 2.05) is 0 Å². The standard InChI is InChI=1S/C10H12BrN5O/c1-17-10(11)5-15-9(13)8(16-10)6-2-3-14-7(12)4-6/h2-5,16H,13H2,1H3,(H2,12,14). The first-order valence-corrected chi connectivity index (χ1v) is 5.62. The van der Waals surface area contributed by atoms with Crippen LogP contribution in [0.5, 0.6) is 0 Å². The Bertz CT molecular complexity index is 501. The Morgan fingerprint density at radius 3 is 2.88 bits per heavy atom. The lowest BCUT2D eigenvalue weighted by atomic mass is 10.1. The van der Waals surface area contributed by atoms with Gasteiger partial charge in [-0.3, -0.25) is 0 Å². The molecule has 5 N–H and O–H groups in total. The molecule has 1 aliphatic rings. The van der Waals surface area contributed by atoms with E-state index in [-0.39, 0.29) is 0 Å². The number of aliphatic imine (C=N–C) groups is 1. The van der Waals surface area contributed by atoms with Crippen LogP contribution >= 0.6 is 15.9 Å². The van der Waals surface area contributed by atoms with Gasteiger partial charge in [0, 0.05) is 18.9 Å². The van der Waals surface area contributed by atoms with Crippen molar-refractivity contribution in [2.75, 3.05) is 12.8 Å². The van der Waals surface area contributed by atoms with Crippen molar-refractivity contribution in [2.24, 2.45) is 10.7 Å². The molecule has 1 aliphatic heterocycles. The number of aromatic nitrogens is 1. The Hall–Kier alpha value is -1.60. The number of nitrogen functional groups attached to an aromatic ring is 1. The lowest BCUT2D eigenvalue weighted by molar-refractivity contribution is 0.122. The average molecular weight is 298 g/mol. The zero-order valence-electron chi connectivity index (χ0n) is 9.14. The predicted molar refractivity (Wildman–Crippen MR) is 70.1 cm³/mol. The summed E-state index contributed by atoms with van der Waals surface area (Å²) in [4.78, 5) is 8.00. The maximum absolute atomic E-state index is 5.82. The van der Waals surface area contributed by atoms with E-state index >= 15 is 0 Å². The molecule has 17 heavy (non-hydrogen) atoms. The van der Waals surface area contributed by atoms with Crippen molar-refractivity contribution in [1.82, 2.24) is 10.3 Å². The van der Waals surface area contributed by atoms with E-state index < -0.39 is 4.63 Å². The third-order valence-corrected chi connectivity index (χ3v) is 3.01. The summed E-state index contributed by atoms with van der Waals surface area (Å²) in [5.41, 5.74) is 12.9. The minimum absolute atomic E-state index is 0.364. The van der Waals surface area contributed by atoms with Crippen LogP contribution in [0.2, 0.25) is 0 Å². The SMILES string of the molecule is COC1(Br)C=NC(N)=C(c2ccnc(N)c2)N1. The van der Waals surface area contributed by atoms with Crippen molar-refractivity contribution >= 4 is 33.7 Å². The molecular formula is C10H12BrN5O. The molecule has 6 nitrogen and oxygen atoms in total.